The Morgan fingerprint density at radius 1 is 1.18 bits per heavy atom. The molecule has 0 unspecified atom stereocenters. The van der Waals surface area contributed by atoms with Crippen LogP contribution in [0.15, 0.2) is 22.8 Å². The number of aryl methyl sites for hydroxylation is 1. The molecule has 1 amide bonds. The Kier molecular flexibility index (Phi) is 6.07. The Labute approximate surface area is 165 Å². The topological polar surface area (TPSA) is 79.4 Å². The zero-order valence-electron chi connectivity index (χ0n) is 16.6. The number of fused-ring (bicyclic) bond motifs is 1. The van der Waals surface area contributed by atoms with Gasteiger partial charge in [-0.15, -0.1) is 10.2 Å². The SMILES string of the molecule is C[C@H](C(=O)NCc1ccco1)N1CCN(Cc2nnc3n2CCCCC3)CC1. The highest BCUT2D eigenvalue weighted by Crippen LogP contribution is 2.16. The molecule has 0 spiro atoms. The first-order valence-electron chi connectivity index (χ1n) is 10.4. The number of carbonyl (C=O) groups excluding carboxylic acids is 1. The van der Waals surface area contributed by atoms with E-state index in [2.05, 4.69) is 29.9 Å². The number of carbonyl (C=O) groups is 1. The largest absolute Gasteiger partial charge is 0.467 e. The number of rotatable bonds is 6. The molecule has 2 aromatic rings. The molecule has 0 aliphatic carbocycles. The molecular formula is C20H30N6O2. The number of nitrogens with one attached hydrogen (secondary N) is 1. The molecule has 0 bridgehead atoms. The average Bonchev–Trinajstić information content (AvgIpc) is 3.31. The summed E-state index contributed by atoms with van der Waals surface area (Å²) in [5, 5.41) is 11.8. The molecule has 28 heavy (non-hydrogen) atoms. The molecule has 4 heterocycles. The van der Waals surface area contributed by atoms with E-state index in [4.69, 9.17) is 4.42 Å². The lowest BCUT2D eigenvalue weighted by Gasteiger charge is -2.37. The lowest BCUT2D eigenvalue weighted by atomic mass is 10.2. The Balaban J connectivity index is 1.25. The molecule has 8 heteroatoms. The van der Waals surface area contributed by atoms with Crippen molar-refractivity contribution in [1.82, 2.24) is 29.9 Å². The van der Waals surface area contributed by atoms with E-state index in [9.17, 15) is 4.79 Å². The first kappa shape index (κ1) is 19.1. The van der Waals surface area contributed by atoms with Gasteiger partial charge in [-0.25, -0.2) is 0 Å². The molecule has 2 aliphatic rings. The number of nitrogens with zero attached hydrogens (tertiary/aromatic N) is 5. The van der Waals surface area contributed by atoms with Gasteiger partial charge < -0.3 is 14.3 Å². The first-order valence-corrected chi connectivity index (χ1v) is 10.4. The average molecular weight is 387 g/mol. The van der Waals surface area contributed by atoms with Gasteiger partial charge in [-0.3, -0.25) is 14.6 Å². The van der Waals surface area contributed by atoms with Crippen molar-refractivity contribution < 1.29 is 9.21 Å². The molecule has 2 aliphatic heterocycles. The maximum atomic E-state index is 12.4. The number of piperazine rings is 1. The predicted molar refractivity (Wildman–Crippen MR) is 104 cm³/mol. The van der Waals surface area contributed by atoms with Gasteiger partial charge in [-0.2, -0.15) is 0 Å². The van der Waals surface area contributed by atoms with Gasteiger partial charge in [0.15, 0.2) is 0 Å². The molecule has 0 saturated carbocycles. The number of hydrogen-bond donors (Lipinski definition) is 1. The Hall–Kier alpha value is -2.19. The molecule has 2 aromatic heterocycles. The maximum absolute atomic E-state index is 12.4. The summed E-state index contributed by atoms with van der Waals surface area (Å²) in [6, 6.07) is 3.56. The van der Waals surface area contributed by atoms with Crippen molar-refractivity contribution in [2.45, 2.75) is 58.3 Å². The van der Waals surface area contributed by atoms with Gasteiger partial charge in [0, 0.05) is 39.1 Å². The lowest BCUT2D eigenvalue weighted by molar-refractivity contribution is -0.126. The van der Waals surface area contributed by atoms with Gasteiger partial charge in [0.2, 0.25) is 5.91 Å². The predicted octanol–water partition coefficient (Wildman–Crippen LogP) is 1.42. The molecular weight excluding hydrogens is 356 g/mol. The van der Waals surface area contributed by atoms with Crippen LogP contribution in [-0.4, -0.2) is 62.7 Å². The van der Waals surface area contributed by atoms with Crippen molar-refractivity contribution in [2.24, 2.45) is 0 Å². The Morgan fingerprint density at radius 3 is 2.82 bits per heavy atom. The highest BCUT2D eigenvalue weighted by atomic mass is 16.3. The summed E-state index contributed by atoms with van der Waals surface area (Å²) in [6.07, 6.45) is 6.39. The third-order valence-electron chi connectivity index (χ3n) is 5.90. The molecule has 1 atom stereocenters. The van der Waals surface area contributed by atoms with Crippen LogP contribution in [0.4, 0.5) is 0 Å². The summed E-state index contributed by atoms with van der Waals surface area (Å²) in [5.74, 6) is 3.06. The van der Waals surface area contributed by atoms with Crippen molar-refractivity contribution in [3.63, 3.8) is 0 Å². The number of amides is 1. The highest BCUT2D eigenvalue weighted by molar-refractivity contribution is 5.81. The van der Waals surface area contributed by atoms with Gasteiger partial charge in [0.05, 0.1) is 25.4 Å². The highest BCUT2D eigenvalue weighted by Gasteiger charge is 2.26. The lowest BCUT2D eigenvalue weighted by Crippen LogP contribution is -2.53. The van der Waals surface area contributed by atoms with Crippen LogP contribution < -0.4 is 5.32 Å². The van der Waals surface area contributed by atoms with Crippen molar-refractivity contribution in [1.29, 1.82) is 0 Å². The van der Waals surface area contributed by atoms with E-state index < -0.39 is 0 Å². The van der Waals surface area contributed by atoms with E-state index in [-0.39, 0.29) is 11.9 Å². The fraction of sp³-hybridized carbons (Fsp3) is 0.650. The summed E-state index contributed by atoms with van der Waals surface area (Å²) >= 11 is 0. The standard InChI is InChI=1S/C20H30N6O2/c1-16(20(27)21-14-17-6-5-13-28-17)25-11-9-24(10-12-25)15-19-23-22-18-7-3-2-4-8-26(18)19/h5-6,13,16H,2-4,7-12,14-15H2,1H3,(H,21,27)/t16-/m1/s1. The third kappa shape index (κ3) is 4.44. The fourth-order valence-electron chi connectivity index (χ4n) is 4.07. The molecule has 1 N–H and O–H groups in total. The van der Waals surface area contributed by atoms with Crippen molar-refractivity contribution in [3.05, 3.63) is 35.8 Å². The van der Waals surface area contributed by atoms with E-state index in [1.54, 1.807) is 6.26 Å². The van der Waals surface area contributed by atoms with Gasteiger partial charge >= 0.3 is 0 Å². The number of aromatic nitrogens is 3. The minimum atomic E-state index is -0.138. The van der Waals surface area contributed by atoms with Crippen molar-refractivity contribution in [2.75, 3.05) is 26.2 Å². The molecule has 0 aromatic carbocycles. The van der Waals surface area contributed by atoms with E-state index >= 15 is 0 Å². The maximum Gasteiger partial charge on any atom is 0.237 e. The number of furan rings is 1. The normalized spacial score (nSPS) is 19.8. The summed E-state index contributed by atoms with van der Waals surface area (Å²) in [5.41, 5.74) is 0. The quantitative estimate of drug-likeness (QED) is 0.809. The second-order valence-corrected chi connectivity index (χ2v) is 7.78. The van der Waals surface area contributed by atoms with Crippen LogP contribution in [0, 0.1) is 0 Å². The molecule has 1 fully saturated rings. The van der Waals surface area contributed by atoms with Crippen molar-refractivity contribution in [3.8, 4) is 0 Å². The Bertz CT molecular complexity index is 764. The fourth-order valence-corrected chi connectivity index (χ4v) is 4.07. The second kappa shape index (κ2) is 8.87. The molecule has 8 nitrogen and oxygen atoms in total. The minimum Gasteiger partial charge on any atom is -0.467 e. The van der Waals surface area contributed by atoms with Crippen LogP contribution in [0.3, 0.4) is 0 Å². The first-order chi connectivity index (χ1) is 13.7. The minimum absolute atomic E-state index is 0.0487. The van der Waals surface area contributed by atoms with Crippen LogP contribution >= 0.6 is 0 Å². The third-order valence-corrected chi connectivity index (χ3v) is 5.90. The van der Waals surface area contributed by atoms with Gasteiger partial charge in [0.25, 0.3) is 0 Å². The summed E-state index contributed by atoms with van der Waals surface area (Å²) in [6.45, 7) is 7.97. The van der Waals surface area contributed by atoms with Gasteiger partial charge in [-0.1, -0.05) is 6.42 Å². The van der Waals surface area contributed by atoms with Crippen LogP contribution in [0.25, 0.3) is 0 Å². The van der Waals surface area contributed by atoms with Gasteiger partial charge in [-0.05, 0) is 31.9 Å². The summed E-state index contributed by atoms with van der Waals surface area (Å²) in [7, 11) is 0. The summed E-state index contributed by atoms with van der Waals surface area (Å²) in [4.78, 5) is 17.1. The molecule has 1 saturated heterocycles. The van der Waals surface area contributed by atoms with Crippen LogP contribution in [-0.2, 0) is 30.8 Å². The van der Waals surface area contributed by atoms with Crippen LogP contribution in [0.2, 0.25) is 0 Å². The molecule has 4 rings (SSSR count). The van der Waals surface area contributed by atoms with Crippen LogP contribution in [0.1, 0.15) is 43.6 Å². The molecule has 152 valence electrons. The van der Waals surface area contributed by atoms with E-state index in [0.29, 0.717) is 6.54 Å². The zero-order chi connectivity index (χ0) is 19.3. The van der Waals surface area contributed by atoms with Crippen molar-refractivity contribution >= 4 is 5.91 Å². The van der Waals surface area contributed by atoms with Gasteiger partial charge in [0.1, 0.15) is 17.4 Å². The Morgan fingerprint density at radius 2 is 2.04 bits per heavy atom. The second-order valence-electron chi connectivity index (χ2n) is 7.78. The van der Waals surface area contributed by atoms with E-state index in [1.165, 1.54) is 19.3 Å². The van der Waals surface area contributed by atoms with E-state index in [0.717, 1.165) is 63.1 Å². The number of hydrogen-bond acceptors (Lipinski definition) is 6. The van der Waals surface area contributed by atoms with E-state index in [1.807, 2.05) is 19.1 Å². The summed E-state index contributed by atoms with van der Waals surface area (Å²) < 4.78 is 7.60. The molecule has 0 radical (unpaired) electrons. The smallest absolute Gasteiger partial charge is 0.237 e. The van der Waals surface area contributed by atoms with Crippen LogP contribution in [0.5, 0.6) is 0 Å². The zero-order valence-corrected chi connectivity index (χ0v) is 16.6. The monoisotopic (exact) mass is 386 g/mol.